The van der Waals surface area contributed by atoms with Gasteiger partial charge in [0.25, 0.3) is 0 Å². The summed E-state index contributed by atoms with van der Waals surface area (Å²) in [6.45, 7) is 5.81. The van der Waals surface area contributed by atoms with Crippen LogP contribution in [0.4, 0.5) is 5.69 Å². The summed E-state index contributed by atoms with van der Waals surface area (Å²) in [6, 6.07) is 5.53. The second-order valence-corrected chi connectivity index (χ2v) is 7.14. The van der Waals surface area contributed by atoms with Crippen LogP contribution in [0.3, 0.4) is 0 Å². The molecule has 1 fully saturated rings. The normalized spacial score (nSPS) is 17.9. The summed E-state index contributed by atoms with van der Waals surface area (Å²) in [5, 5.41) is 4.38. The van der Waals surface area contributed by atoms with E-state index in [2.05, 4.69) is 42.2 Å². The Kier molecular flexibility index (Phi) is 3.24. The second kappa shape index (κ2) is 5.15. The number of aromatic nitrogens is 2. The molecule has 1 aromatic carbocycles. The van der Waals surface area contributed by atoms with E-state index in [9.17, 15) is 0 Å². The van der Waals surface area contributed by atoms with Gasteiger partial charge < -0.3 is 4.90 Å². The molecule has 3 nitrogen and oxygen atoms in total. The molecular weight excluding hydrogens is 270 g/mol. The minimum Gasteiger partial charge on any atom is -0.369 e. The van der Waals surface area contributed by atoms with E-state index >= 15 is 0 Å². The molecule has 2 aromatic rings. The van der Waals surface area contributed by atoms with E-state index in [1.807, 2.05) is 17.9 Å². The van der Waals surface area contributed by atoms with E-state index in [0.717, 1.165) is 5.92 Å². The van der Waals surface area contributed by atoms with Crippen molar-refractivity contribution >= 4 is 5.69 Å². The van der Waals surface area contributed by atoms with Crippen molar-refractivity contribution in [1.82, 2.24) is 9.78 Å². The van der Waals surface area contributed by atoms with Crippen molar-refractivity contribution in [1.29, 1.82) is 0 Å². The average molecular weight is 295 g/mol. The Hall–Kier alpha value is -1.77. The third kappa shape index (κ3) is 2.33. The molecule has 0 N–H and O–H groups in total. The van der Waals surface area contributed by atoms with Gasteiger partial charge in [0.1, 0.15) is 0 Å². The topological polar surface area (TPSA) is 21.1 Å². The fourth-order valence-electron chi connectivity index (χ4n) is 3.76. The first kappa shape index (κ1) is 13.9. The molecule has 1 aliphatic carbocycles. The lowest BCUT2D eigenvalue weighted by atomic mass is 9.90. The van der Waals surface area contributed by atoms with Crippen LogP contribution in [0.25, 0.3) is 11.1 Å². The number of anilines is 1. The summed E-state index contributed by atoms with van der Waals surface area (Å²) >= 11 is 0. The van der Waals surface area contributed by atoms with Crippen LogP contribution >= 0.6 is 0 Å². The standard InChI is InChI=1S/C19H25N3/c1-13(2)22-8-4-5-15-9-17(16-11-20-21(3)12-16)18(10-19(15)22)14-6-7-14/h9-14H,4-8H2,1-3H3. The summed E-state index contributed by atoms with van der Waals surface area (Å²) in [4.78, 5) is 2.58. The Morgan fingerprint density at radius 3 is 2.68 bits per heavy atom. The maximum absolute atomic E-state index is 4.38. The van der Waals surface area contributed by atoms with Gasteiger partial charge in [-0.05, 0) is 74.3 Å². The predicted octanol–water partition coefficient (Wildman–Crippen LogP) is 4.13. The number of benzene rings is 1. The maximum atomic E-state index is 4.38. The molecule has 4 rings (SSSR count). The Balaban J connectivity index is 1.86. The molecule has 1 saturated carbocycles. The lowest BCUT2D eigenvalue weighted by Gasteiger charge is -2.35. The lowest BCUT2D eigenvalue weighted by Crippen LogP contribution is -2.35. The first-order valence-electron chi connectivity index (χ1n) is 8.56. The molecule has 0 amide bonds. The van der Waals surface area contributed by atoms with E-state index in [4.69, 9.17) is 0 Å². The maximum Gasteiger partial charge on any atom is 0.0568 e. The van der Waals surface area contributed by atoms with Gasteiger partial charge in [-0.3, -0.25) is 4.68 Å². The molecule has 1 aromatic heterocycles. The second-order valence-electron chi connectivity index (χ2n) is 7.14. The minimum atomic E-state index is 0.579. The minimum absolute atomic E-state index is 0.579. The third-order valence-corrected chi connectivity index (χ3v) is 5.06. The van der Waals surface area contributed by atoms with Crippen molar-refractivity contribution < 1.29 is 0 Å². The lowest BCUT2D eigenvalue weighted by molar-refractivity contribution is 0.625. The number of fused-ring (bicyclic) bond motifs is 1. The molecule has 2 aliphatic rings. The van der Waals surface area contributed by atoms with Gasteiger partial charge in [0.2, 0.25) is 0 Å². The van der Waals surface area contributed by atoms with Crippen LogP contribution in [0.2, 0.25) is 0 Å². The Morgan fingerprint density at radius 2 is 2.05 bits per heavy atom. The molecule has 3 heteroatoms. The van der Waals surface area contributed by atoms with Crippen LogP contribution in [0.15, 0.2) is 24.5 Å². The van der Waals surface area contributed by atoms with Crippen LogP contribution in [-0.4, -0.2) is 22.4 Å². The highest BCUT2D eigenvalue weighted by atomic mass is 15.2. The van der Waals surface area contributed by atoms with Gasteiger partial charge >= 0.3 is 0 Å². The van der Waals surface area contributed by atoms with Gasteiger partial charge in [-0.25, -0.2) is 0 Å². The summed E-state index contributed by atoms with van der Waals surface area (Å²) in [7, 11) is 2.00. The average Bonchev–Trinajstić information content (AvgIpc) is 3.26. The molecule has 116 valence electrons. The van der Waals surface area contributed by atoms with E-state index in [-0.39, 0.29) is 0 Å². The first-order chi connectivity index (χ1) is 10.6. The van der Waals surface area contributed by atoms with E-state index in [1.54, 1.807) is 5.56 Å². The van der Waals surface area contributed by atoms with Crippen molar-refractivity contribution in [2.75, 3.05) is 11.4 Å². The molecular formula is C19H25N3. The molecule has 0 unspecified atom stereocenters. The van der Waals surface area contributed by atoms with Gasteiger partial charge in [0.05, 0.1) is 6.20 Å². The quantitative estimate of drug-likeness (QED) is 0.849. The number of hydrogen-bond donors (Lipinski definition) is 0. The Morgan fingerprint density at radius 1 is 1.23 bits per heavy atom. The van der Waals surface area contributed by atoms with Crippen LogP contribution < -0.4 is 4.90 Å². The van der Waals surface area contributed by atoms with Crippen LogP contribution in [0.5, 0.6) is 0 Å². The first-order valence-corrected chi connectivity index (χ1v) is 8.56. The fraction of sp³-hybridized carbons (Fsp3) is 0.526. The molecule has 0 saturated heterocycles. The van der Waals surface area contributed by atoms with Crippen LogP contribution in [0.1, 0.15) is 50.2 Å². The van der Waals surface area contributed by atoms with Gasteiger partial charge in [-0.15, -0.1) is 0 Å². The summed E-state index contributed by atoms with van der Waals surface area (Å²) in [6.07, 6.45) is 9.31. The zero-order valence-electron chi connectivity index (χ0n) is 13.8. The van der Waals surface area contributed by atoms with Crippen LogP contribution in [0, 0.1) is 0 Å². The largest absolute Gasteiger partial charge is 0.369 e. The van der Waals surface area contributed by atoms with Gasteiger partial charge in [-0.1, -0.05) is 0 Å². The number of hydrogen-bond acceptors (Lipinski definition) is 2. The molecule has 0 spiro atoms. The molecule has 0 bridgehead atoms. The molecule has 1 aliphatic heterocycles. The molecule has 0 radical (unpaired) electrons. The number of rotatable bonds is 3. The van der Waals surface area contributed by atoms with Gasteiger partial charge in [0.15, 0.2) is 0 Å². The third-order valence-electron chi connectivity index (χ3n) is 5.06. The van der Waals surface area contributed by atoms with Crippen molar-refractivity contribution in [3.8, 4) is 11.1 Å². The summed E-state index contributed by atoms with van der Waals surface area (Å²) < 4.78 is 1.91. The Labute approximate surface area is 132 Å². The highest BCUT2D eigenvalue weighted by molar-refractivity contribution is 5.74. The fourth-order valence-corrected chi connectivity index (χ4v) is 3.76. The van der Waals surface area contributed by atoms with E-state index in [1.165, 1.54) is 54.6 Å². The molecule has 2 heterocycles. The van der Waals surface area contributed by atoms with Crippen molar-refractivity contribution in [2.45, 2.75) is 51.5 Å². The SMILES string of the molecule is CC(C)N1CCCc2cc(-c3cnn(C)c3)c(C3CC3)cc21. The van der Waals surface area contributed by atoms with Gasteiger partial charge in [-0.2, -0.15) is 5.10 Å². The van der Waals surface area contributed by atoms with Crippen molar-refractivity contribution in [2.24, 2.45) is 7.05 Å². The number of nitrogens with zero attached hydrogens (tertiary/aromatic N) is 3. The Bertz CT molecular complexity index is 695. The van der Waals surface area contributed by atoms with E-state index in [0.29, 0.717) is 6.04 Å². The highest BCUT2D eigenvalue weighted by Crippen LogP contribution is 2.47. The molecule has 22 heavy (non-hydrogen) atoms. The summed E-state index contributed by atoms with van der Waals surface area (Å²) in [5.41, 5.74) is 7.23. The smallest absolute Gasteiger partial charge is 0.0568 e. The zero-order valence-corrected chi connectivity index (χ0v) is 13.8. The van der Waals surface area contributed by atoms with Crippen molar-refractivity contribution in [3.63, 3.8) is 0 Å². The predicted molar refractivity (Wildman–Crippen MR) is 91.4 cm³/mol. The van der Waals surface area contributed by atoms with E-state index < -0.39 is 0 Å². The van der Waals surface area contributed by atoms with Crippen molar-refractivity contribution in [3.05, 3.63) is 35.7 Å². The monoisotopic (exact) mass is 295 g/mol. The van der Waals surface area contributed by atoms with Gasteiger partial charge in [0, 0.05) is 37.1 Å². The number of aryl methyl sites for hydroxylation is 2. The highest BCUT2D eigenvalue weighted by Gasteiger charge is 2.30. The zero-order chi connectivity index (χ0) is 15.3. The van der Waals surface area contributed by atoms with Crippen LogP contribution in [-0.2, 0) is 13.5 Å². The summed E-state index contributed by atoms with van der Waals surface area (Å²) in [5.74, 6) is 0.761. The molecule has 0 atom stereocenters.